The molecular weight excluding hydrogens is 308 g/mol. The lowest BCUT2D eigenvalue weighted by molar-refractivity contribution is 0.628. The first kappa shape index (κ1) is 15.7. The van der Waals surface area contributed by atoms with Gasteiger partial charge in [0.2, 0.25) is 0 Å². The predicted octanol–water partition coefficient (Wildman–Crippen LogP) is 4.55. The van der Waals surface area contributed by atoms with Crippen molar-refractivity contribution in [3.8, 4) is 6.07 Å². The van der Waals surface area contributed by atoms with Gasteiger partial charge in [-0.15, -0.1) is 12.4 Å². The molecule has 3 aromatic rings. The molecular formula is C16H10ClF2N3. The molecule has 1 heterocycles. The van der Waals surface area contributed by atoms with Gasteiger partial charge in [0.15, 0.2) is 0 Å². The van der Waals surface area contributed by atoms with Gasteiger partial charge in [-0.25, -0.2) is 8.78 Å². The maximum Gasteiger partial charge on any atom is 0.149 e. The van der Waals surface area contributed by atoms with E-state index in [4.69, 9.17) is 0 Å². The molecule has 0 bridgehead atoms. The summed E-state index contributed by atoms with van der Waals surface area (Å²) in [6.07, 6.45) is 1.32. The maximum absolute atomic E-state index is 13.8. The van der Waals surface area contributed by atoms with E-state index < -0.39 is 5.82 Å². The van der Waals surface area contributed by atoms with Gasteiger partial charge < -0.3 is 5.32 Å². The number of para-hydroxylation sites is 1. The summed E-state index contributed by atoms with van der Waals surface area (Å²) in [7, 11) is 0. The zero-order valence-corrected chi connectivity index (χ0v) is 12.0. The summed E-state index contributed by atoms with van der Waals surface area (Å²) in [5.74, 6) is -0.814. The standard InChI is InChI=1S/C16H9F2N3.ClH/c17-11-4-6-12(7-5-11)21-15-10(8-19)9-20-16-13(15)2-1-3-14(16)18;/h1-7,9H,(H,20,21);1H. The normalized spacial score (nSPS) is 9.86. The molecule has 0 atom stereocenters. The number of hydrogen-bond donors (Lipinski definition) is 1. The minimum absolute atomic E-state index is 0. The summed E-state index contributed by atoms with van der Waals surface area (Å²) in [6.45, 7) is 0. The fourth-order valence-electron chi connectivity index (χ4n) is 2.08. The quantitative estimate of drug-likeness (QED) is 0.754. The largest absolute Gasteiger partial charge is 0.354 e. The minimum atomic E-state index is -0.459. The zero-order chi connectivity index (χ0) is 14.8. The molecule has 2 aromatic carbocycles. The van der Waals surface area contributed by atoms with E-state index in [2.05, 4.69) is 10.3 Å². The molecule has 0 fully saturated rings. The molecule has 22 heavy (non-hydrogen) atoms. The molecule has 0 saturated carbocycles. The molecule has 1 N–H and O–H groups in total. The highest BCUT2D eigenvalue weighted by atomic mass is 35.5. The summed E-state index contributed by atoms with van der Waals surface area (Å²) in [5.41, 5.74) is 1.52. The lowest BCUT2D eigenvalue weighted by Crippen LogP contribution is -1.97. The summed E-state index contributed by atoms with van der Waals surface area (Å²) in [6, 6.07) is 12.3. The van der Waals surface area contributed by atoms with Gasteiger partial charge in [-0.2, -0.15) is 5.26 Å². The molecule has 3 nitrogen and oxygen atoms in total. The van der Waals surface area contributed by atoms with E-state index in [9.17, 15) is 14.0 Å². The van der Waals surface area contributed by atoms with Crippen LogP contribution in [0.15, 0.2) is 48.7 Å². The predicted molar refractivity (Wildman–Crippen MR) is 83.3 cm³/mol. The second kappa shape index (κ2) is 6.37. The fraction of sp³-hybridized carbons (Fsp3) is 0. The van der Waals surface area contributed by atoms with E-state index in [-0.39, 0.29) is 29.3 Å². The first-order chi connectivity index (χ1) is 10.2. The van der Waals surface area contributed by atoms with Crippen LogP contribution in [0.25, 0.3) is 10.9 Å². The van der Waals surface area contributed by atoms with Gasteiger partial charge >= 0.3 is 0 Å². The SMILES string of the molecule is Cl.N#Cc1cnc2c(F)cccc2c1Nc1ccc(F)cc1. The van der Waals surface area contributed by atoms with E-state index in [1.807, 2.05) is 6.07 Å². The summed E-state index contributed by atoms with van der Waals surface area (Å²) in [5, 5.41) is 12.7. The van der Waals surface area contributed by atoms with Crippen LogP contribution in [0.2, 0.25) is 0 Å². The van der Waals surface area contributed by atoms with Gasteiger partial charge in [-0.1, -0.05) is 12.1 Å². The van der Waals surface area contributed by atoms with Crippen LogP contribution in [0, 0.1) is 23.0 Å². The number of hydrogen-bond acceptors (Lipinski definition) is 3. The molecule has 0 radical (unpaired) electrons. The van der Waals surface area contributed by atoms with Gasteiger partial charge in [0.25, 0.3) is 0 Å². The van der Waals surface area contributed by atoms with Crippen molar-refractivity contribution in [2.75, 3.05) is 5.32 Å². The second-order valence-corrected chi connectivity index (χ2v) is 4.43. The number of aromatic nitrogens is 1. The first-order valence-electron chi connectivity index (χ1n) is 6.19. The first-order valence-corrected chi connectivity index (χ1v) is 6.19. The van der Waals surface area contributed by atoms with Crippen molar-refractivity contribution in [3.63, 3.8) is 0 Å². The summed E-state index contributed by atoms with van der Waals surface area (Å²) in [4.78, 5) is 3.97. The van der Waals surface area contributed by atoms with Crippen molar-refractivity contribution in [1.29, 1.82) is 5.26 Å². The van der Waals surface area contributed by atoms with Crippen LogP contribution in [0.5, 0.6) is 0 Å². The topological polar surface area (TPSA) is 48.7 Å². The minimum Gasteiger partial charge on any atom is -0.354 e. The number of nitrogens with zero attached hydrogens (tertiary/aromatic N) is 2. The highest BCUT2D eigenvalue weighted by Crippen LogP contribution is 2.29. The third kappa shape index (κ3) is 2.83. The molecule has 1 aromatic heterocycles. The van der Waals surface area contributed by atoms with E-state index in [0.717, 1.165) is 0 Å². The Bertz CT molecular complexity index is 858. The zero-order valence-electron chi connectivity index (χ0n) is 11.2. The Kier molecular flexibility index (Phi) is 4.54. The molecule has 0 aliphatic carbocycles. The molecule has 110 valence electrons. The van der Waals surface area contributed by atoms with Crippen molar-refractivity contribution in [2.24, 2.45) is 0 Å². The van der Waals surface area contributed by atoms with Gasteiger partial charge in [0, 0.05) is 17.3 Å². The number of anilines is 2. The number of halogens is 3. The van der Waals surface area contributed by atoms with Crippen LogP contribution in [0.3, 0.4) is 0 Å². The Morgan fingerprint density at radius 1 is 1.05 bits per heavy atom. The fourth-order valence-corrected chi connectivity index (χ4v) is 2.08. The van der Waals surface area contributed by atoms with Crippen LogP contribution in [0.4, 0.5) is 20.2 Å². The van der Waals surface area contributed by atoms with Crippen molar-refractivity contribution in [3.05, 3.63) is 65.9 Å². The molecule has 0 unspecified atom stereocenters. The van der Waals surface area contributed by atoms with Gasteiger partial charge in [0.05, 0.1) is 11.3 Å². The van der Waals surface area contributed by atoms with Crippen LogP contribution < -0.4 is 5.32 Å². The number of fused-ring (bicyclic) bond motifs is 1. The Morgan fingerprint density at radius 3 is 2.45 bits per heavy atom. The van der Waals surface area contributed by atoms with Crippen molar-refractivity contribution >= 4 is 34.7 Å². The van der Waals surface area contributed by atoms with Crippen molar-refractivity contribution < 1.29 is 8.78 Å². The van der Waals surface area contributed by atoms with Gasteiger partial charge in [-0.05, 0) is 30.3 Å². The molecule has 6 heteroatoms. The monoisotopic (exact) mass is 317 g/mol. The van der Waals surface area contributed by atoms with E-state index in [1.54, 1.807) is 24.3 Å². The summed E-state index contributed by atoms with van der Waals surface area (Å²) >= 11 is 0. The number of nitrogens with one attached hydrogen (secondary N) is 1. The van der Waals surface area contributed by atoms with Crippen LogP contribution in [-0.4, -0.2) is 4.98 Å². The molecule has 0 amide bonds. The van der Waals surface area contributed by atoms with Crippen LogP contribution in [0.1, 0.15) is 5.56 Å². The molecule has 0 aliphatic heterocycles. The van der Waals surface area contributed by atoms with Crippen LogP contribution >= 0.6 is 12.4 Å². The van der Waals surface area contributed by atoms with Crippen LogP contribution in [-0.2, 0) is 0 Å². The third-order valence-electron chi connectivity index (χ3n) is 3.08. The number of nitriles is 1. The Balaban J connectivity index is 0.00000176. The van der Waals surface area contributed by atoms with Gasteiger partial charge in [0.1, 0.15) is 23.2 Å². The lowest BCUT2D eigenvalue weighted by Gasteiger charge is -2.11. The Labute approximate surface area is 131 Å². The van der Waals surface area contributed by atoms with E-state index in [0.29, 0.717) is 16.8 Å². The number of pyridine rings is 1. The number of benzene rings is 2. The third-order valence-corrected chi connectivity index (χ3v) is 3.08. The highest BCUT2D eigenvalue weighted by molar-refractivity contribution is 5.95. The molecule has 0 spiro atoms. The number of rotatable bonds is 2. The average Bonchev–Trinajstić information content (AvgIpc) is 2.50. The van der Waals surface area contributed by atoms with Crippen molar-refractivity contribution in [2.45, 2.75) is 0 Å². The highest BCUT2D eigenvalue weighted by Gasteiger charge is 2.11. The van der Waals surface area contributed by atoms with E-state index >= 15 is 0 Å². The average molecular weight is 318 g/mol. The smallest absolute Gasteiger partial charge is 0.149 e. The van der Waals surface area contributed by atoms with Crippen molar-refractivity contribution in [1.82, 2.24) is 4.98 Å². The lowest BCUT2D eigenvalue weighted by atomic mass is 10.1. The molecule has 0 saturated heterocycles. The van der Waals surface area contributed by atoms with E-state index in [1.165, 1.54) is 24.4 Å². The molecule has 3 rings (SSSR count). The maximum atomic E-state index is 13.8. The Hall–Kier alpha value is -2.71. The Morgan fingerprint density at radius 2 is 1.77 bits per heavy atom. The molecule has 0 aliphatic rings. The summed E-state index contributed by atoms with van der Waals surface area (Å²) < 4.78 is 26.7. The second-order valence-electron chi connectivity index (χ2n) is 4.43. The van der Waals surface area contributed by atoms with Gasteiger partial charge in [-0.3, -0.25) is 4.98 Å².